The third-order valence-corrected chi connectivity index (χ3v) is 5.05. The van der Waals surface area contributed by atoms with Gasteiger partial charge in [0.1, 0.15) is 5.01 Å². The Morgan fingerprint density at radius 1 is 1.56 bits per heavy atom. The van der Waals surface area contributed by atoms with E-state index in [-0.39, 0.29) is 0 Å². The van der Waals surface area contributed by atoms with Crippen LogP contribution in [0.1, 0.15) is 35.3 Å². The van der Waals surface area contributed by atoms with Crippen LogP contribution in [0, 0.1) is 19.3 Å². The fraction of sp³-hybridized carbons (Fsp3) is 0.692. The predicted octanol–water partition coefficient (Wildman–Crippen LogP) is 2.45. The standard InChI is InChI=1S/C13H20N2O2S/c1-4-13(12(16)17)5-6-15(8-13)7-11-14-9(2)10(3)18-11/h4-8H2,1-3H3,(H,16,17). The molecular weight excluding hydrogens is 248 g/mol. The van der Waals surface area contributed by atoms with Crippen molar-refractivity contribution in [3.8, 4) is 0 Å². The first kappa shape index (κ1) is 13.5. The van der Waals surface area contributed by atoms with Gasteiger partial charge in [0.15, 0.2) is 0 Å². The van der Waals surface area contributed by atoms with E-state index in [0.29, 0.717) is 13.0 Å². The molecule has 100 valence electrons. The van der Waals surface area contributed by atoms with Crippen LogP contribution in [0.4, 0.5) is 0 Å². The first-order chi connectivity index (χ1) is 8.47. The molecule has 1 fully saturated rings. The molecule has 1 aromatic heterocycles. The van der Waals surface area contributed by atoms with Crippen LogP contribution in [-0.2, 0) is 11.3 Å². The summed E-state index contributed by atoms with van der Waals surface area (Å²) in [6.07, 6.45) is 1.46. The first-order valence-corrected chi connectivity index (χ1v) is 7.17. The van der Waals surface area contributed by atoms with Crippen LogP contribution in [0.2, 0.25) is 0 Å². The molecule has 1 saturated heterocycles. The fourth-order valence-electron chi connectivity index (χ4n) is 2.51. The second-order valence-corrected chi connectivity index (χ2v) is 6.44. The van der Waals surface area contributed by atoms with Gasteiger partial charge in [-0.15, -0.1) is 11.3 Å². The van der Waals surface area contributed by atoms with Gasteiger partial charge in [0.25, 0.3) is 0 Å². The van der Waals surface area contributed by atoms with Crippen LogP contribution < -0.4 is 0 Å². The lowest BCUT2D eigenvalue weighted by atomic mass is 9.84. The van der Waals surface area contributed by atoms with Gasteiger partial charge in [-0.25, -0.2) is 4.98 Å². The topological polar surface area (TPSA) is 53.4 Å². The molecule has 1 unspecified atom stereocenters. The van der Waals surface area contributed by atoms with Crippen LogP contribution in [-0.4, -0.2) is 34.0 Å². The number of hydrogen-bond donors (Lipinski definition) is 1. The van der Waals surface area contributed by atoms with Crippen LogP contribution >= 0.6 is 11.3 Å². The Morgan fingerprint density at radius 3 is 2.72 bits per heavy atom. The van der Waals surface area contributed by atoms with Crippen molar-refractivity contribution in [3.63, 3.8) is 0 Å². The zero-order chi connectivity index (χ0) is 13.3. The molecule has 4 nitrogen and oxygen atoms in total. The molecule has 1 aromatic rings. The average Bonchev–Trinajstić information content (AvgIpc) is 2.85. The maximum atomic E-state index is 11.4. The zero-order valence-corrected chi connectivity index (χ0v) is 12.0. The quantitative estimate of drug-likeness (QED) is 0.911. The second-order valence-electron chi connectivity index (χ2n) is 5.15. The van der Waals surface area contributed by atoms with Crippen molar-refractivity contribution in [3.05, 3.63) is 15.6 Å². The number of aliphatic carboxylic acids is 1. The van der Waals surface area contributed by atoms with E-state index < -0.39 is 11.4 Å². The summed E-state index contributed by atoms with van der Waals surface area (Å²) < 4.78 is 0. The van der Waals surface area contributed by atoms with Crippen molar-refractivity contribution in [1.82, 2.24) is 9.88 Å². The summed E-state index contributed by atoms with van der Waals surface area (Å²) in [6.45, 7) is 8.36. The molecule has 2 heterocycles. The van der Waals surface area contributed by atoms with Crippen molar-refractivity contribution >= 4 is 17.3 Å². The molecule has 18 heavy (non-hydrogen) atoms. The first-order valence-electron chi connectivity index (χ1n) is 6.35. The number of carboxylic acids is 1. The molecule has 0 aromatic carbocycles. The van der Waals surface area contributed by atoms with Crippen molar-refractivity contribution in [1.29, 1.82) is 0 Å². The SMILES string of the molecule is CCC1(C(=O)O)CCN(Cc2nc(C)c(C)s2)C1. The molecule has 0 saturated carbocycles. The molecule has 0 bridgehead atoms. The van der Waals surface area contributed by atoms with E-state index in [1.165, 1.54) is 4.88 Å². The summed E-state index contributed by atoms with van der Waals surface area (Å²) in [6, 6.07) is 0. The number of hydrogen-bond acceptors (Lipinski definition) is 4. The van der Waals surface area contributed by atoms with E-state index in [4.69, 9.17) is 0 Å². The summed E-state index contributed by atoms with van der Waals surface area (Å²) in [5.41, 5.74) is 0.552. The van der Waals surface area contributed by atoms with Crippen molar-refractivity contribution in [2.24, 2.45) is 5.41 Å². The van der Waals surface area contributed by atoms with Gasteiger partial charge in [-0.1, -0.05) is 6.92 Å². The minimum Gasteiger partial charge on any atom is -0.481 e. The number of likely N-dealkylation sites (tertiary alicyclic amines) is 1. The van der Waals surface area contributed by atoms with Crippen LogP contribution in [0.25, 0.3) is 0 Å². The highest BCUT2D eigenvalue weighted by Crippen LogP contribution is 2.35. The molecule has 1 N–H and O–H groups in total. The molecule has 0 aliphatic carbocycles. The number of rotatable bonds is 4. The van der Waals surface area contributed by atoms with E-state index >= 15 is 0 Å². The lowest BCUT2D eigenvalue weighted by Crippen LogP contribution is -2.33. The van der Waals surface area contributed by atoms with Gasteiger partial charge < -0.3 is 5.11 Å². The number of carbonyl (C=O) groups is 1. The van der Waals surface area contributed by atoms with Crippen LogP contribution in [0.3, 0.4) is 0 Å². The van der Waals surface area contributed by atoms with Gasteiger partial charge in [0, 0.05) is 11.4 Å². The molecule has 0 amide bonds. The summed E-state index contributed by atoms with van der Waals surface area (Å²) in [5.74, 6) is -0.654. The van der Waals surface area contributed by atoms with Crippen LogP contribution in [0.15, 0.2) is 0 Å². The molecular formula is C13H20N2O2S. The Morgan fingerprint density at radius 2 is 2.28 bits per heavy atom. The Labute approximate surface area is 112 Å². The van der Waals surface area contributed by atoms with Gasteiger partial charge in [-0.2, -0.15) is 0 Å². The summed E-state index contributed by atoms with van der Waals surface area (Å²) in [5, 5.41) is 10.5. The lowest BCUT2D eigenvalue weighted by Gasteiger charge is -2.22. The van der Waals surface area contributed by atoms with Crippen molar-refractivity contribution < 1.29 is 9.90 Å². The van der Waals surface area contributed by atoms with Crippen molar-refractivity contribution in [2.75, 3.05) is 13.1 Å². The minimum atomic E-state index is -0.654. The van der Waals surface area contributed by atoms with E-state index in [1.807, 2.05) is 13.8 Å². The van der Waals surface area contributed by atoms with E-state index in [2.05, 4.69) is 16.8 Å². The molecule has 5 heteroatoms. The number of thiazole rings is 1. The smallest absolute Gasteiger partial charge is 0.310 e. The molecule has 1 atom stereocenters. The number of carboxylic acid groups (broad SMARTS) is 1. The summed E-state index contributed by atoms with van der Waals surface area (Å²) in [4.78, 5) is 19.4. The monoisotopic (exact) mass is 268 g/mol. The Kier molecular flexibility index (Phi) is 3.73. The van der Waals surface area contributed by atoms with E-state index in [1.54, 1.807) is 11.3 Å². The number of nitrogens with zero attached hydrogens (tertiary/aromatic N) is 2. The summed E-state index contributed by atoms with van der Waals surface area (Å²) >= 11 is 1.72. The number of aromatic nitrogens is 1. The highest BCUT2D eigenvalue weighted by Gasteiger charge is 2.43. The van der Waals surface area contributed by atoms with E-state index in [9.17, 15) is 9.90 Å². The normalized spacial score (nSPS) is 24.6. The summed E-state index contributed by atoms with van der Waals surface area (Å²) in [7, 11) is 0. The Balaban J connectivity index is 2.03. The van der Waals surface area contributed by atoms with Crippen LogP contribution in [0.5, 0.6) is 0 Å². The molecule has 0 radical (unpaired) electrons. The zero-order valence-electron chi connectivity index (χ0n) is 11.2. The average molecular weight is 268 g/mol. The molecule has 1 aliphatic heterocycles. The fourth-order valence-corrected chi connectivity index (χ4v) is 3.48. The largest absolute Gasteiger partial charge is 0.481 e. The third-order valence-electron chi connectivity index (χ3n) is 3.99. The Bertz CT molecular complexity index is 438. The maximum Gasteiger partial charge on any atom is 0.310 e. The van der Waals surface area contributed by atoms with Gasteiger partial charge in [-0.05, 0) is 33.2 Å². The number of aryl methyl sites for hydroxylation is 2. The van der Waals surface area contributed by atoms with Gasteiger partial charge in [-0.3, -0.25) is 9.69 Å². The second kappa shape index (κ2) is 4.97. The highest BCUT2D eigenvalue weighted by atomic mass is 32.1. The lowest BCUT2D eigenvalue weighted by molar-refractivity contribution is -0.148. The van der Waals surface area contributed by atoms with Gasteiger partial charge in [0.05, 0.1) is 17.7 Å². The third kappa shape index (κ3) is 2.42. The van der Waals surface area contributed by atoms with Gasteiger partial charge in [0.2, 0.25) is 0 Å². The predicted molar refractivity (Wildman–Crippen MR) is 71.8 cm³/mol. The molecule has 1 aliphatic rings. The van der Waals surface area contributed by atoms with E-state index in [0.717, 1.165) is 30.2 Å². The minimum absolute atomic E-state index is 0.540. The Hall–Kier alpha value is -0.940. The maximum absolute atomic E-state index is 11.4. The molecule has 2 rings (SSSR count). The molecule has 0 spiro atoms. The highest BCUT2D eigenvalue weighted by molar-refractivity contribution is 7.11. The van der Waals surface area contributed by atoms with Crippen molar-refractivity contribution in [2.45, 2.75) is 40.2 Å². The van der Waals surface area contributed by atoms with Gasteiger partial charge >= 0.3 is 5.97 Å².